The van der Waals surface area contributed by atoms with E-state index in [-0.39, 0.29) is 24.8 Å². The Morgan fingerprint density at radius 3 is 2.36 bits per heavy atom. The van der Waals surface area contributed by atoms with Gasteiger partial charge in [0.05, 0.1) is 6.54 Å². The molecule has 0 spiro atoms. The maximum Gasteiger partial charge on any atom is 0.326 e. The van der Waals surface area contributed by atoms with Gasteiger partial charge in [0, 0.05) is 30.1 Å². The molecule has 0 fully saturated rings. The third-order valence-electron chi connectivity index (χ3n) is 5.44. The standard InChI is InChI=1S/C25H30N4O4/c1-16(2)23(29-22(30)15-26-13-17-8-4-3-5-9-17)24(31)28-21(25(32)33)12-18-14-27-20-11-7-6-10-19(18)20/h3-11,14,16,21,23,26-27H,12-13,15H2,1-2H3,(H,28,31)(H,29,30)(H,32,33)/t21-,23-/m0/s1. The molecule has 2 amide bonds. The number of aromatic nitrogens is 1. The van der Waals surface area contributed by atoms with Crippen LogP contribution in [0.15, 0.2) is 60.8 Å². The van der Waals surface area contributed by atoms with Gasteiger partial charge in [-0.1, -0.05) is 62.4 Å². The summed E-state index contributed by atoms with van der Waals surface area (Å²) in [6, 6.07) is 15.3. The zero-order valence-corrected chi connectivity index (χ0v) is 18.8. The zero-order chi connectivity index (χ0) is 23.8. The molecule has 2 aromatic carbocycles. The minimum Gasteiger partial charge on any atom is -0.480 e. The Kier molecular flexibility index (Phi) is 8.21. The molecule has 1 heterocycles. The summed E-state index contributed by atoms with van der Waals surface area (Å²) in [5, 5.41) is 19.0. The van der Waals surface area contributed by atoms with E-state index in [2.05, 4.69) is 20.9 Å². The molecule has 33 heavy (non-hydrogen) atoms. The van der Waals surface area contributed by atoms with Crippen molar-refractivity contribution in [3.05, 3.63) is 71.9 Å². The van der Waals surface area contributed by atoms with Crippen LogP contribution in [0.25, 0.3) is 10.9 Å². The van der Waals surface area contributed by atoms with Crippen LogP contribution in [-0.4, -0.2) is 46.5 Å². The molecule has 0 unspecified atom stereocenters. The third kappa shape index (κ3) is 6.66. The predicted molar refractivity (Wildman–Crippen MR) is 126 cm³/mol. The minimum atomic E-state index is -1.13. The third-order valence-corrected chi connectivity index (χ3v) is 5.44. The van der Waals surface area contributed by atoms with Gasteiger partial charge in [-0.25, -0.2) is 4.79 Å². The number of carbonyl (C=O) groups excluding carboxylic acids is 2. The number of hydrogen-bond donors (Lipinski definition) is 5. The Bertz CT molecular complexity index is 1090. The number of rotatable bonds is 11. The average Bonchev–Trinajstić information content (AvgIpc) is 3.20. The summed E-state index contributed by atoms with van der Waals surface area (Å²) in [6.45, 7) is 4.18. The van der Waals surface area contributed by atoms with E-state index in [1.54, 1.807) is 20.0 Å². The molecule has 0 aliphatic rings. The van der Waals surface area contributed by atoms with Crippen LogP contribution in [0.3, 0.4) is 0 Å². The van der Waals surface area contributed by atoms with Crippen LogP contribution in [0.1, 0.15) is 25.0 Å². The summed E-state index contributed by atoms with van der Waals surface area (Å²) in [7, 11) is 0. The molecule has 5 N–H and O–H groups in total. The Balaban J connectivity index is 1.58. The normalized spacial score (nSPS) is 12.9. The van der Waals surface area contributed by atoms with Gasteiger partial charge < -0.3 is 26.0 Å². The maximum absolute atomic E-state index is 12.9. The number of para-hydroxylation sites is 1. The largest absolute Gasteiger partial charge is 0.480 e. The van der Waals surface area contributed by atoms with Gasteiger partial charge in [-0.3, -0.25) is 9.59 Å². The number of nitrogens with one attached hydrogen (secondary N) is 4. The molecule has 3 aromatic rings. The van der Waals surface area contributed by atoms with Crippen LogP contribution in [-0.2, 0) is 27.3 Å². The second-order valence-electron chi connectivity index (χ2n) is 8.34. The number of carboxylic acids is 1. The van der Waals surface area contributed by atoms with E-state index in [1.165, 1.54) is 0 Å². The monoisotopic (exact) mass is 450 g/mol. The van der Waals surface area contributed by atoms with Crippen molar-refractivity contribution < 1.29 is 19.5 Å². The van der Waals surface area contributed by atoms with Crippen molar-refractivity contribution in [1.82, 2.24) is 20.9 Å². The molecule has 3 rings (SSSR count). The first-order valence-corrected chi connectivity index (χ1v) is 11.0. The molecule has 174 valence electrons. The van der Waals surface area contributed by atoms with Gasteiger partial charge >= 0.3 is 5.97 Å². The van der Waals surface area contributed by atoms with Gasteiger partial charge in [0.2, 0.25) is 11.8 Å². The highest BCUT2D eigenvalue weighted by Crippen LogP contribution is 2.19. The quantitative estimate of drug-likeness (QED) is 0.307. The van der Waals surface area contributed by atoms with Crippen molar-refractivity contribution in [3.8, 4) is 0 Å². The first kappa shape index (κ1) is 24.0. The summed E-state index contributed by atoms with van der Waals surface area (Å²) in [4.78, 5) is 40.3. The van der Waals surface area contributed by atoms with Crippen molar-refractivity contribution in [1.29, 1.82) is 0 Å². The molecule has 8 nitrogen and oxygen atoms in total. The summed E-state index contributed by atoms with van der Waals surface area (Å²) >= 11 is 0. The Morgan fingerprint density at radius 2 is 1.67 bits per heavy atom. The zero-order valence-electron chi connectivity index (χ0n) is 18.8. The lowest BCUT2D eigenvalue weighted by Crippen LogP contribution is -2.55. The molecule has 1 aromatic heterocycles. The average molecular weight is 451 g/mol. The molecule has 0 saturated carbocycles. The molecular formula is C25H30N4O4. The SMILES string of the molecule is CC(C)[C@H](NC(=O)CNCc1ccccc1)C(=O)N[C@@H](Cc1c[nH]c2ccccc12)C(=O)O. The van der Waals surface area contributed by atoms with Gasteiger partial charge in [0.1, 0.15) is 12.1 Å². The van der Waals surface area contributed by atoms with Gasteiger partial charge in [0.15, 0.2) is 0 Å². The van der Waals surface area contributed by atoms with Gasteiger partial charge in [-0.05, 0) is 23.1 Å². The Labute approximate surface area is 192 Å². The number of H-pyrrole nitrogens is 1. The molecular weight excluding hydrogens is 420 g/mol. The van der Waals surface area contributed by atoms with E-state index in [0.717, 1.165) is 22.0 Å². The highest BCUT2D eigenvalue weighted by molar-refractivity contribution is 5.91. The number of amides is 2. The fraction of sp³-hybridized carbons (Fsp3) is 0.320. The second kappa shape index (κ2) is 11.3. The number of aromatic amines is 1. The molecule has 0 radical (unpaired) electrons. The van der Waals surface area contributed by atoms with Crippen LogP contribution in [0.4, 0.5) is 0 Å². The second-order valence-corrected chi connectivity index (χ2v) is 8.34. The summed E-state index contributed by atoms with van der Waals surface area (Å²) < 4.78 is 0. The van der Waals surface area contributed by atoms with E-state index >= 15 is 0 Å². The molecule has 2 atom stereocenters. The van der Waals surface area contributed by atoms with Crippen molar-refractivity contribution in [3.63, 3.8) is 0 Å². The van der Waals surface area contributed by atoms with E-state index in [0.29, 0.717) is 6.54 Å². The number of benzene rings is 2. The lowest BCUT2D eigenvalue weighted by atomic mass is 10.0. The lowest BCUT2D eigenvalue weighted by molar-refractivity contribution is -0.142. The van der Waals surface area contributed by atoms with Crippen LogP contribution >= 0.6 is 0 Å². The van der Waals surface area contributed by atoms with E-state index < -0.39 is 24.0 Å². The molecule has 0 bridgehead atoms. The fourth-order valence-electron chi connectivity index (χ4n) is 3.66. The van der Waals surface area contributed by atoms with Crippen LogP contribution in [0.5, 0.6) is 0 Å². The number of fused-ring (bicyclic) bond motifs is 1. The molecule has 8 heteroatoms. The van der Waals surface area contributed by atoms with E-state index in [1.807, 2.05) is 54.6 Å². The summed E-state index contributed by atoms with van der Waals surface area (Å²) in [6.07, 6.45) is 1.88. The smallest absolute Gasteiger partial charge is 0.326 e. The van der Waals surface area contributed by atoms with Gasteiger partial charge in [0.25, 0.3) is 0 Å². The topological polar surface area (TPSA) is 123 Å². The van der Waals surface area contributed by atoms with Crippen molar-refractivity contribution in [2.45, 2.75) is 38.9 Å². The molecule has 0 aliphatic carbocycles. The summed E-state index contributed by atoms with van der Waals surface area (Å²) in [5.41, 5.74) is 2.75. The highest BCUT2D eigenvalue weighted by atomic mass is 16.4. The van der Waals surface area contributed by atoms with Crippen LogP contribution in [0, 0.1) is 5.92 Å². The maximum atomic E-state index is 12.9. The first-order chi connectivity index (χ1) is 15.8. The minimum absolute atomic E-state index is 0.0447. The van der Waals surface area contributed by atoms with Gasteiger partial charge in [-0.15, -0.1) is 0 Å². The fourth-order valence-corrected chi connectivity index (χ4v) is 3.66. The Morgan fingerprint density at radius 1 is 0.970 bits per heavy atom. The molecule has 0 aliphatic heterocycles. The predicted octanol–water partition coefficient (Wildman–Crippen LogP) is 2.21. The number of aliphatic carboxylic acids is 1. The molecule has 0 saturated heterocycles. The first-order valence-electron chi connectivity index (χ1n) is 11.0. The van der Waals surface area contributed by atoms with Crippen molar-refractivity contribution in [2.24, 2.45) is 5.92 Å². The summed E-state index contributed by atoms with van der Waals surface area (Å²) in [5.74, 6) is -2.20. The highest BCUT2D eigenvalue weighted by Gasteiger charge is 2.29. The lowest BCUT2D eigenvalue weighted by Gasteiger charge is -2.24. The van der Waals surface area contributed by atoms with E-state index in [9.17, 15) is 19.5 Å². The van der Waals surface area contributed by atoms with Gasteiger partial charge in [-0.2, -0.15) is 0 Å². The number of hydrogen-bond acceptors (Lipinski definition) is 4. The van der Waals surface area contributed by atoms with E-state index in [4.69, 9.17) is 0 Å². The number of carbonyl (C=O) groups is 3. The van der Waals surface area contributed by atoms with Crippen molar-refractivity contribution in [2.75, 3.05) is 6.54 Å². The van der Waals surface area contributed by atoms with Crippen LogP contribution < -0.4 is 16.0 Å². The number of carboxylic acid groups (broad SMARTS) is 1. The van der Waals surface area contributed by atoms with Crippen LogP contribution in [0.2, 0.25) is 0 Å². The van der Waals surface area contributed by atoms with Crippen molar-refractivity contribution >= 4 is 28.7 Å². The Hall–Kier alpha value is -3.65.